The third-order valence-electron chi connectivity index (χ3n) is 5.95. The third kappa shape index (κ3) is 5.95. The predicted molar refractivity (Wildman–Crippen MR) is 118 cm³/mol. The van der Waals surface area contributed by atoms with Gasteiger partial charge in [-0.05, 0) is 68.1 Å². The van der Waals surface area contributed by atoms with Crippen molar-refractivity contribution in [3.63, 3.8) is 0 Å². The van der Waals surface area contributed by atoms with E-state index in [0.29, 0.717) is 12.5 Å². The Morgan fingerprint density at radius 2 is 1.87 bits per heavy atom. The van der Waals surface area contributed by atoms with Crippen LogP contribution in [0.15, 0.2) is 42.7 Å². The van der Waals surface area contributed by atoms with E-state index in [2.05, 4.69) is 23.0 Å². The number of carbonyl (C=O) groups excluding carboxylic acids is 1. The molecule has 0 radical (unpaired) electrons. The first-order valence-electron chi connectivity index (χ1n) is 10.7. The van der Waals surface area contributed by atoms with Crippen molar-refractivity contribution in [2.75, 3.05) is 40.9 Å². The van der Waals surface area contributed by atoms with Gasteiger partial charge < -0.3 is 19.3 Å². The van der Waals surface area contributed by atoms with Crippen LogP contribution < -0.4 is 9.47 Å². The first-order valence-corrected chi connectivity index (χ1v) is 10.7. The number of piperidine rings is 1. The summed E-state index contributed by atoms with van der Waals surface area (Å²) in [5.74, 6) is 1.77. The topological polar surface area (TPSA) is 54.9 Å². The lowest BCUT2D eigenvalue weighted by molar-refractivity contribution is -0.133. The quantitative estimate of drug-likeness (QED) is 0.634. The zero-order valence-corrected chi connectivity index (χ0v) is 18.3. The smallest absolute Gasteiger partial charge is 0.222 e. The fraction of sp³-hybridized carbons (Fsp3) is 0.500. The Morgan fingerprint density at radius 3 is 2.60 bits per heavy atom. The highest BCUT2D eigenvalue weighted by atomic mass is 16.5. The molecule has 30 heavy (non-hydrogen) atoms. The van der Waals surface area contributed by atoms with Crippen molar-refractivity contribution in [3.05, 3.63) is 53.9 Å². The van der Waals surface area contributed by atoms with E-state index in [1.807, 2.05) is 29.2 Å². The van der Waals surface area contributed by atoms with Gasteiger partial charge in [-0.15, -0.1) is 0 Å². The Balaban J connectivity index is 1.49. The molecular formula is C24H33N3O3. The van der Waals surface area contributed by atoms with Gasteiger partial charge >= 0.3 is 0 Å². The number of carbonyl (C=O) groups is 1. The summed E-state index contributed by atoms with van der Waals surface area (Å²) in [5.41, 5.74) is 2.39. The standard InChI is InChI=1S/C24H33N3O3/c1-26(16-12-20-6-8-22(29-2)23(17-20)30-3)21-5-4-15-27(18-21)24(28)9-7-19-10-13-25-14-11-19/h6,8,10-11,13-14,17,21H,4-5,7,9,12,15-16,18H2,1-3H3. The van der Waals surface area contributed by atoms with Gasteiger partial charge in [0.05, 0.1) is 14.2 Å². The monoisotopic (exact) mass is 411 g/mol. The number of likely N-dealkylation sites (N-methyl/N-ethyl adjacent to an activating group) is 1. The maximum Gasteiger partial charge on any atom is 0.222 e. The molecule has 2 heterocycles. The minimum Gasteiger partial charge on any atom is -0.493 e. The molecule has 0 N–H and O–H groups in total. The molecule has 0 saturated carbocycles. The largest absolute Gasteiger partial charge is 0.493 e. The molecule has 0 spiro atoms. The van der Waals surface area contributed by atoms with Crippen LogP contribution in [0.3, 0.4) is 0 Å². The molecule has 1 amide bonds. The van der Waals surface area contributed by atoms with Crippen LogP contribution in [0.5, 0.6) is 11.5 Å². The fourth-order valence-corrected chi connectivity index (χ4v) is 4.02. The van der Waals surface area contributed by atoms with Gasteiger partial charge in [-0.1, -0.05) is 6.07 Å². The number of aromatic nitrogens is 1. The Hall–Kier alpha value is -2.60. The van der Waals surface area contributed by atoms with Crippen LogP contribution in [0.4, 0.5) is 0 Å². The van der Waals surface area contributed by atoms with Gasteiger partial charge in [0, 0.05) is 44.5 Å². The summed E-state index contributed by atoms with van der Waals surface area (Å²) in [6, 6.07) is 10.5. The molecule has 1 fully saturated rings. The molecule has 0 aliphatic carbocycles. The number of hydrogen-bond acceptors (Lipinski definition) is 5. The van der Waals surface area contributed by atoms with Gasteiger partial charge in [0.15, 0.2) is 11.5 Å². The van der Waals surface area contributed by atoms with Gasteiger partial charge in [0.1, 0.15) is 0 Å². The lowest BCUT2D eigenvalue weighted by atomic mass is 10.0. The number of likely N-dealkylation sites (tertiary alicyclic amines) is 1. The predicted octanol–water partition coefficient (Wildman–Crippen LogP) is 3.20. The summed E-state index contributed by atoms with van der Waals surface area (Å²) in [6.07, 6.45) is 8.03. The summed E-state index contributed by atoms with van der Waals surface area (Å²) >= 11 is 0. The normalized spacial score (nSPS) is 16.5. The molecule has 0 bridgehead atoms. The first-order chi connectivity index (χ1) is 14.6. The zero-order chi connectivity index (χ0) is 21.3. The van der Waals surface area contributed by atoms with Crippen molar-refractivity contribution in [2.45, 2.75) is 38.1 Å². The summed E-state index contributed by atoms with van der Waals surface area (Å²) in [4.78, 5) is 21.2. The van der Waals surface area contributed by atoms with Gasteiger partial charge in [-0.25, -0.2) is 0 Å². The van der Waals surface area contributed by atoms with Crippen LogP contribution in [0.25, 0.3) is 0 Å². The van der Waals surface area contributed by atoms with Crippen LogP contribution in [-0.4, -0.2) is 67.6 Å². The number of methoxy groups -OCH3 is 2. The first kappa shape index (κ1) is 22.1. The average Bonchev–Trinajstić information content (AvgIpc) is 2.81. The highest BCUT2D eigenvalue weighted by Crippen LogP contribution is 2.28. The van der Waals surface area contributed by atoms with Gasteiger partial charge in [-0.3, -0.25) is 9.78 Å². The maximum absolute atomic E-state index is 12.7. The van der Waals surface area contributed by atoms with Crippen LogP contribution in [0.1, 0.15) is 30.4 Å². The number of rotatable bonds is 9. The van der Waals surface area contributed by atoms with Crippen LogP contribution >= 0.6 is 0 Å². The van der Waals surface area contributed by atoms with Crippen molar-refractivity contribution in [2.24, 2.45) is 0 Å². The highest BCUT2D eigenvalue weighted by molar-refractivity contribution is 5.76. The minimum atomic E-state index is 0.254. The molecule has 1 atom stereocenters. The molecule has 1 unspecified atom stereocenters. The Kier molecular flexibility index (Phi) is 8.08. The molecule has 6 nitrogen and oxygen atoms in total. The van der Waals surface area contributed by atoms with Crippen molar-refractivity contribution in [1.29, 1.82) is 0 Å². The highest BCUT2D eigenvalue weighted by Gasteiger charge is 2.25. The van der Waals surface area contributed by atoms with E-state index in [9.17, 15) is 4.79 Å². The average molecular weight is 412 g/mol. The number of pyridine rings is 1. The number of aryl methyl sites for hydroxylation is 1. The lowest BCUT2D eigenvalue weighted by Crippen LogP contribution is -2.49. The molecule has 2 aromatic rings. The molecule has 1 aliphatic heterocycles. The third-order valence-corrected chi connectivity index (χ3v) is 5.95. The molecule has 6 heteroatoms. The summed E-state index contributed by atoms with van der Waals surface area (Å²) < 4.78 is 10.7. The maximum atomic E-state index is 12.7. The summed E-state index contributed by atoms with van der Waals surface area (Å²) in [6.45, 7) is 2.63. The van der Waals surface area contributed by atoms with Crippen molar-refractivity contribution < 1.29 is 14.3 Å². The number of benzene rings is 1. The lowest BCUT2D eigenvalue weighted by Gasteiger charge is -2.38. The molecule has 1 saturated heterocycles. The second-order valence-corrected chi connectivity index (χ2v) is 7.91. The van der Waals surface area contributed by atoms with Crippen LogP contribution in [0, 0.1) is 0 Å². The van der Waals surface area contributed by atoms with Crippen molar-refractivity contribution in [3.8, 4) is 11.5 Å². The molecule has 1 aromatic carbocycles. The molecular weight excluding hydrogens is 378 g/mol. The SMILES string of the molecule is COc1ccc(CCN(C)C2CCCN(C(=O)CCc3ccncc3)C2)cc1OC. The Morgan fingerprint density at radius 1 is 1.10 bits per heavy atom. The molecule has 1 aromatic heterocycles. The second kappa shape index (κ2) is 11.0. The number of amides is 1. The second-order valence-electron chi connectivity index (χ2n) is 7.91. The van der Waals surface area contributed by atoms with E-state index in [1.165, 1.54) is 11.1 Å². The van der Waals surface area contributed by atoms with E-state index >= 15 is 0 Å². The van der Waals surface area contributed by atoms with E-state index in [-0.39, 0.29) is 5.91 Å². The van der Waals surface area contributed by atoms with Gasteiger partial charge in [0.25, 0.3) is 0 Å². The van der Waals surface area contributed by atoms with Crippen LogP contribution in [0.2, 0.25) is 0 Å². The molecule has 3 rings (SSSR count). The zero-order valence-electron chi connectivity index (χ0n) is 18.3. The van der Waals surface area contributed by atoms with Crippen molar-refractivity contribution in [1.82, 2.24) is 14.8 Å². The number of ether oxygens (including phenoxy) is 2. The van der Waals surface area contributed by atoms with Crippen molar-refractivity contribution >= 4 is 5.91 Å². The Bertz CT molecular complexity index is 813. The fourth-order valence-electron chi connectivity index (χ4n) is 4.02. The molecule has 1 aliphatic rings. The van der Waals surface area contributed by atoms with Gasteiger partial charge in [-0.2, -0.15) is 0 Å². The van der Waals surface area contributed by atoms with E-state index < -0.39 is 0 Å². The summed E-state index contributed by atoms with van der Waals surface area (Å²) in [7, 11) is 5.48. The minimum absolute atomic E-state index is 0.254. The number of nitrogens with zero attached hydrogens (tertiary/aromatic N) is 3. The van der Waals surface area contributed by atoms with Crippen LogP contribution in [-0.2, 0) is 17.6 Å². The van der Waals surface area contributed by atoms with E-state index in [0.717, 1.165) is 56.8 Å². The number of hydrogen-bond donors (Lipinski definition) is 0. The Labute approximate surface area is 179 Å². The van der Waals surface area contributed by atoms with E-state index in [4.69, 9.17) is 9.47 Å². The summed E-state index contributed by atoms with van der Waals surface area (Å²) in [5, 5.41) is 0. The molecule has 162 valence electrons. The van der Waals surface area contributed by atoms with Gasteiger partial charge in [0.2, 0.25) is 5.91 Å². The van der Waals surface area contributed by atoms with E-state index in [1.54, 1.807) is 26.6 Å².